The molecular formula is C28H34F2N4O5. The van der Waals surface area contributed by atoms with Gasteiger partial charge in [-0.3, -0.25) is 4.79 Å². The number of imidazole rings is 1. The Hall–Kier alpha value is -3.89. The molecule has 4 rings (SSSR count). The lowest BCUT2D eigenvalue weighted by atomic mass is 9.90. The first-order chi connectivity index (χ1) is 18.5. The molecule has 2 amide bonds. The van der Waals surface area contributed by atoms with Gasteiger partial charge in [0.1, 0.15) is 28.5 Å². The molecule has 0 spiro atoms. The van der Waals surface area contributed by atoms with Gasteiger partial charge in [0, 0.05) is 30.6 Å². The summed E-state index contributed by atoms with van der Waals surface area (Å²) in [4.78, 5) is 34.3. The number of aromatic nitrogens is 2. The van der Waals surface area contributed by atoms with Gasteiger partial charge in [-0.2, -0.15) is 8.78 Å². The Morgan fingerprint density at radius 1 is 1.21 bits per heavy atom. The number of halogens is 2. The number of nitrogens with zero attached hydrogens (tertiary/aromatic N) is 2. The summed E-state index contributed by atoms with van der Waals surface area (Å²) in [6.45, 7) is 5.32. The van der Waals surface area contributed by atoms with Gasteiger partial charge in [0.15, 0.2) is 0 Å². The van der Waals surface area contributed by atoms with Crippen molar-refractivity contribution in [1.29, 1.82) is 0 Å². The topological polar surface area (TPSA) is 106 Å². The molecule has 2 fully saturated rings. The smallest absolute Gasteiger partial charge is 0.410 e. The van der Waals surface area contributed by atoms with E-state index in [9.17, 15) is 18.4 Å². The van der Waals surface area contributed by atoms with Crippen LogP contribution in [0.3, 0.4) is 0 Å². The molecule has 1 aliphatic carbocycles. The Bertz CT molecular complexity index is 1270. The molecule has 1 aromatic heterocycles. The minimum Gasteiger partial charge on any atom is -0.496 e. The van der Waals surface area contributed by atoms with Crippen LogP contribution in [0, 0.1) is 5.92 Å². The van der Waals surface area contributed by atoms with E-state index in [2.05, 4.69) is 15.3 Å². The van der Waals surface area contributed by atoms with Crippen LogP contribution in [-0.4, -0.2) is 65.3 Å². The number of amides is 2. The van der Waals surface area contributed by atoms with Crippen molar-refractivity contribution in [3.8, 4) is 22.8 Å². The normalized spacial score (nSPS) is 16.4. The number of nitrogens with one attached hydrogen (secondary N) is 2. The van der Waals surface area contributed by atoms with Crippen LogP contribution < -0.4 is 14.8 Å². The molecule has 2 N–H and O–H groups in total. The minimum atomic E-state index is -3.12. The van der Waals surface area contributed by atoms with Crippen LogP contribution in [0.1, 0.15) is 56.7 Å². The van der Waals surface area contributed by atoms with Crippen molar-refractivity contribution < 1.29 is 32.6 Å². The summed E-state index contributed by atoms with van der Waals surface area (Å²) < 4.78 is 42.0. The summed E-state index contributed by atoms with van der Waals surface area (Å²) in [5, 5.41) is 2.79. The van der Waals surface area contributed by atoms with Gasteiger partial charge in [-0.1, -0.05) is 12.2 Å². The Morgan fingerprint density at radius 3 is 2.49 bits per heavy atom. The minimum absolute atomic E-state index is 0.0292. The number of hydrogen-bond acceptors (Lipinski definition) is 6. The highest BCUT2D eigenvalue weighted by atomic mass is 19.3. The highest BCUT2D eigenvalue weighted by molar-refractivity contribution is 6.01. The number of rotatable bonds is 9. The Balaban J connectivity index is 1.56. The fourth-order valence-corrected chi connectivity index (χ4v) is 4.18. The van der Waals surface area contributed by atoms with Crippen molar-refractivity contribution in [3.63, 3.8) is 0 Å². The number of benzene rings is 1. The molecule has 9 nitrogen and oxygen atoms in total. The van der Waals surface area contributed by atoms with Gasteiger partial charge in [-0.15, -0.1) is 0 Å². The summed E-state index contributed by atoms with van der Waals surface area (Å²) in [6.07, 6.45) is 8.67. The molecule has 0 atom stereocenters. The van der Waals surface area contributed by atoms with Gasteiger partial charge in [0.2, 0.25) is 0 Å². The van der Waals surface area contributed by atoms with E-state index < -0.39 is 18.1 Å². The lowest BCUT2D eigenvalue weighted by Gasteiger charge is -2.40. The second kappa shape index (κ2) is 11.5. The number of likely N-dealkylation sites (tertiary alicyclic amines) is 1. The SMILES string of the molecule is C/C=C\C(=C/c1ncc(-c2cc(OC)c(C(=O)NC3CC3)c(OC(F)F)c2)[nH]1)C1CN(C(=O)OC(C)(C)C)C1. The molecular weight excluding hydrogens is 510 g/mol. The first-order valence-electron chi connectivity index (χ1n) is 12.8. The molecule has 1 aromatic carbocycles. The molecule has 39 heavy (non-hydrogen) atoms. The van der Waals surface area contributed by atoms with Gasteiger partial charge in [-0.05, 0) is 64.3 Å². The van der Waals surface area contributed by atoms with Crippen molar-refractivity contribution in [2.24, 2.45) is 5.92 Å². The third kappa shape index (κ3) is 7.15. The van der Waals surface area contributed by atoms with E-state index in [-0.39, 0.29) is 35.1 Å². The number of ether oxygens (including phenoxy) is 3. The highest BCUT2D eigenvalue weighted by Gasteiger charge is 2.35. The summed E-state index contributed by atoms with van der Waals surface area (Å²) in [6, 6.07) is 2.98. The van der Waals surface area contributed by atoms with Crippen LogP contribution in [0.5, 0.6) is 11.5 Å². The zero-order valence-corrected chi connectivity index (χ0v) is 22.7. The molecule has 210 valence electrons. The maximum atomic E-state index is 13.2. The van der Waals surface area contributed by atoms with E-state index in [4.69, 9.17) is 14.2 Å². The lowest BCUT2D eigenvalue weighted by Crippen LogP contribution is -2.52. The number of carbonyl (C=O) groups excluding carboxylic acids is 2. The molecule has 1 saturated heterocycles. The van der Waals surface area contributed by atoms with Crippen LogP contribution in [0.4, 0.5) is 13.6 Å². The lowest BCUT2D eigenvalue weighted by molar-refractivity contribution is -0.0502. The monoisotopic (exact) mass is 544 g/mol. The van der Waals surface area contributed by atoms with Crippen LogP contribution >= 0.6 is 0 Å². The van der Waals surface area contributed by atoms with Crippen molar-refractivity contribution in [3.05, 3.63) is 47.4 Å². The first-order valence-corrected chi connectivity index (χ1v) is 12.8. The van der Waals surface area contributed by atoms with Crippen LogP contribution in [-0.2, 0) is 4.74 Å². The summed E-state index contributed by atoms with van der Waals surface area (Å²) >= 11 is 0. The molecule has 1 aliphatic heterocycles. The van der Waals surface area contributed by atoms with Crippen molar-refractivity contribution in [2.75, 3.05) is 20.2 Å². The average Bonchev–Trinajstić information content (AvgIpc) is 3.49. The zero-order valence-electron chi connectivity index (χ0n) is 22.7. The fourth-order valence-electron chi connectivity index (χ4n) is 4.18. The molecule has 0 unspecified atom stereocenters. The highest BCUT2D eigenvalue weighted by Crippen LogP contribution is 2.36. The Labute approximate surface area is 226 Å². The maximum Gasteiger partial charge on any atom is 0.410 e. The molecule has 0 bridgehead atoms. The predicted molar refractivity (Wildman–Crippen MR) is 142 cm³/mol. The predicted octanol–water partition coefficient (Wildman–Crippen LogP) is 5.41. The van der Waals surface area contributed by atoms with E-state index >= 15 is 0 Å². The van der Waals surface area contributed by atoms with E-state index in [1.54, 1.807) is 17.2 Å². The first kappa shape index (κ1) is 28.1. The number of hydrogen-bond donors (Lipinski definition) is 2. The van der Waals surface area contributed by atoms with E-state index in [1.165, 1.54) is 13.2 Å². The Morgan fingerprint density at radius 2 is 1.90 bits per heavy atom. The fraction of sp³-hybridized carbons (Fsp3) is 0.464. The zero-order chi connectivity index (χ0) is 28.3. The standard InChI is InChI=1S/C28H34F2N4O5/c1-6-7-16(18-14-34(15-18)27(36)39-28(2,3)4)12-23-31-13-20(33-23)17-10-21(37-5)24(22(11-17)38-26(29)30)25(35)32-19-8-9-19/h6-7,10-13,18-19,26H,8-9,14-15H2,1-5H3,(H,31,33)(H,32,35)/b7-6-,16-12+. The largest absolute Gasteiger partial charge is 0.496 e. The van der Waals surface area contributed by atoms with Crippen molar-refractivity contribution in [2.45, 2.75) is 58.8 Å². The maximum absolute atomic E-state index is 13.2. The number of methoxy groups -OCH3 is 1. The molecule has 1 saturated carbocycles. The summed E-state index contributed by atoms with van der Waals surface area (Å²) in [7, 11) is 1.36. The summed E-state index contributed by atoms with van der Waals surface area (Å²) in [5.74, 6) is -0.0474. The third-order valence-electron chi connectivity index (χ3n) is 6.22. The van der Waals surface area contributed by atoms with Gasteiger partial charge in [0.05, 0.1) is 19.0 Å². The van der Waals surface area contributed by atoms with Gasteiger partial charge in [0.25, 0.3) is 5.91 Å². The van der Waals surface area contributed by atoms with Crippen LogP contribution in [0.15, 0.2) is 36.1 Å². The number of alkyl halides is 2. The number of aromatic amines is 1. The van der Waals surface area contributed by atoms with Gasteiger partial charge < -0.3 is 29.4 Å². The van der Waals surface area contributed by atoms with E-state index in [0.29, 0.717) is 30.2 Å². The molecule has 2 heterocycles. The summed E-state index contributed by atoms with van der Waals surface area (Å²) in [5.41, 5.74) is 1.32. The molecule has 0 radical (unpaired) electrons. The molecule has 2 aliphatic rings. The Kier molecular flexibility index (Phi) is 8.27. The number of H-pyrrole nitrogens is 1. The van der Waals surface area contributed by atoms with Crippen molar-refractivity contribution in [1.82, 2.24) is 20.2 Å². The van der Waals surface area contributed by atoms with Gasteiger partial charge in [-0.25, -0.2) is 9.78 Å². The van der Waals surface area contributed by atoms with E-state index in [1.807, 2.05) is 45.9 Å². The average molecular weight is 545 g/mol. The second-order valence-corrected chi connectivity index (χ2v) is 10.6. The molecule has 11 heteroatoms. The van der Waals surface area contributed by atoms with Crippen molar-refractivity contribution >= 4 is 18.1 Å². The van der Waals surface area contributed by atoms with Crippen LogP contribution in [0.2, 0.25) is 0 Å². The van der Waals surface area contributed by atoms with Crippen LogP contribution in [0.25, 0.3) is 17.3 Å². The van der Waals surface area contributed by atoms with Gasteiger partial charge >= 0.3 is 12.7 Å². The second-order valence-electron chi connectivity index (χ2n) is 10.6. The third-order valence-corrected chi connectivity index (χ3v) is 6.22. The number of allylic oxidation sites excluding steroid dienone is 2. The number of carbonyl (C=O) groups is 2. The van der Waals surface area contributed by atoms with E-state index in [0.717, 1.165) is 18.4 Å². The quantitative estimate of drug-likeness (QED) is 0.409. The molecule has 2 aromatic rings.